The van der Waals surface area contributed by atoms with Gasteiger partial charge in [0.15, 0.2) is 11.5 Å². The summed E-state index contributed by atoms with van der Waals surface area (Å²) in [7, 11) is 0. The summed E-state index contributed by atoms with van der Waals surface area (Å²) in [6.07, 6.45) is 4.66. The Morgan fingerprint density at radius 3 is 3.15 bits per heavy atom. The van der Waals surface area contributed by atoms with Crippen LogP contribution in [0.15, 0.2) is 24.4 Å². The predicted molar refractivity (Wildman–Crippen MR) is 74.8 cm³/mol. The first-order chi connectivity index (χ1) is 9.61. The molecule has 2 unspecified atom stereocenters. The van der Waals surface area contributed by atoms with Crippen LogP contribution in [0.4, 0.5) is 0 Å². The third-order valence-corrected chi connectivity index (χ3v) is 4.34. The van der Waals surface area contributed by atoms with Crippen LogP contribution in [0.2, 0.25) is 0 Å². The Balaban J connectivity index is 1.72. The lowest BCUT2D eigenvalue weighted by Gasteiger charge is -2.27. The lowest BCUT2D eigenvalue weighted by Crippen LogP contribution is -2.47. The van der Waals surface area contributed by atoms with E-state index in [0.717, 1.165) is 30.7 Å². The SMILES string of the molecule is CC1(C(=O)NCc2nnc3ccccn23)CCCC1N. The maximum Gasteiger partial charge on any atom is 0.227 e. The van der Waals surface area contributed by atoms with Crippen molar-refractivity contribution in [3.05, 3.63) is 30.2 Å². The minimum Gasteiger partial charge on any atom is -0.348 e. The van der Waals surface area contributed by atoms with Gasteiger partial charge in [-0.05, 0) is 31.9 Å². The monoisotopic (exact) mass is 273 g/mol. The summed E-state index contributed by atoms with van der Waals surface area (Å²) in [4.78, 5) is 12.4. The maximum atomic E-state index is 12.4. The number of hydrogen-bond donors (Lipinski definition) is 2. The zero-order valence-corrected chi connectivity index (χ0v) is 11.5. The van der Waals surface area contributed by atoms with Gasteiger partial charge in [-0.25, -0.2) is 0 Å². The molecule has 3 rings (SSSR count). The second kappa shape index (κ2) is 4.86. The largest absolute Gasteiger partial charge is 0.348 e. The number of carbonyl (C=O) groups excluding carboxylic acids is 1. The molecule has 106 valence electrons. The smallest absolute Gasteiger partial charge is 0.227 e. The molecule has 2 aromatic heterocycles. The second-order valence-corrected chi connectivity index (χ2v) is 5.64. The molecule has 0 saturated heterocycles. The first-order valence-corrected chi connectivity index (χ1v) is 6.94. The summed E-state index contributed by atoms with van der Waals surface area (Å²) in [5.74, 6) is 0.735. The first kappa shape index (κ1) is 13.1. The number of rotatable bonds is 3. The molecular formula is C14H19N5O. The third kappa shape index (κ3) is 2.06. The van der Waals surface area contributed by atoms with Crippen molar-refractivity contribution >= 4 is 11.6 Å². The molecule has 6 heteroatoms. The molecule has 20 heavy (non-hydrogen) atoms. The average Bonchev–Trinajstić information content (AvgIpc) is 3.02. The van der Waals surface area contributed by atoms with E-state index in [1.807, 2.05) is 35.7 Å². The third-order valence-electron chi connectivity index (χ3n) is 4.34. The van der Waals surface area contributed by atoms with Crippen LogP contribution < -0.4 is 11.1 Å². The molecule has 0 aliphatic heterocycles. The number of nitrogens with two attached hydrogens (primary N) is 1. The molecule has 1 aliphatic rings. The summed E-state index contributed by atoms with van der Waals surface area (Å²) in [6.45, 7) is 2.31. The van der Waals surface area contributed by atoms with Gasteiger partial charge in [0.1, 0.15) is 0 Å². The minimum atomic E-state index is -0.458. The van der Waals surface area contributed by atoms with Crippen LogP contribution in [0.3, 0.4) is 0 Å². The minimum absolute atomic E-state index is 0.00943. The summed E-state index contributed by atoms with van der Waals surface area (Å²) in [5, 5.41) is 11.1. The van der Waals surface area contributed by atoms with Gasteiger partial charge >= 0.3 is 0 Å². The lowest BCUT2D eigenvalue weighted by molar-refractivity contribution is -0.130. The van der Waals surface area contributed by atoms with Gasteiger partial charge in [0.25, 0.3) is 0 Å². The summed E-state index contributed by atoms with van der Waals surface area (Å²) >= 11 is 0. The molecule has 1 saturated carbocycles. The Bertz CT molecular complexity index is 637. The predicted octanol–water partition coefficient (Wildman–Crippen LogP) is 0.863. The van der Waals surface area contributed by atoms with Crippen molar-refractivity contribution in [3.8, 4) is 0 Å². The number of aromatic nitrogens is 3. The van der Waals surface area contributed by atoms with E-state index >= 15 is 0 Å². The highest BCUT2D eigenvalue weighted by Crippen LogP contribution is 2.36. The Morgan fingerprint density at radius 1 is 1.55 bits per heavy atom. The molecule has 0 radical (unpaired) electrons. The number of hydrogen-bond acceptors (Lipinski definition) is 4. The van der Waals surface area contributed by atoms with Crippen molar-refractivity contribution in [1.29, 1.82) is 0 Å². The van der Waals surface area contributed by atoms with E-state index in [9.17, 15) is 4.79 Å². The van der Waals surface area contributed by atoms with Gasteiger partial charge in [0, 0.05) is 12.2 Å². The normalized spacial score (nSPS) is 26.0. The van der Waals surface area contributed by atoms with Gasteiger partial charge in [-0.2, -0.15) is 0 Å². The molecule has 3 N–H and O–H groups in total. The molecule has 2 heterocycles. The topological polar surface area (TPSA) is 85.3 Å². The highest BCUT2D eigenvalue weighted by atomic mass is 16.2. The van der Waals surface area contributed by atoms with Crippen LogP contribution in [0.25, 0.3) is 5.65 Å². The number of carbonyl (C=O) groups is 1. The van der Waals surface area contributed by atoms with Crippen LogP contribution >= 0.6 is 0 Å². The van der Waals surface area contributed by atoms with Crippen molar-refractivity contribution in [1.82, 2.24) is 19.9 Å². The molecular weight excluding hydrogens is 254 g/mol. The fraction of sp³-hybridized carbons (Fsp3) is 0.500. The number of amides is 1. The highest BCUT2D eigenvalue weighted by molar-refractivity contribution is 5.83. The molecule has 0 aromatic carbocycles. The van der Waals surface area contributed by atoms with Crippen LogP contribution in [0.1, 0.15) is 32.0 Å². The van der Waals surface area contributed by atoms with Crippen LogP contribution in [-0.2, 0) is 11.3 Å². The van der Waals surface area contributed by atoms with Crippen molar-refractivity contribution in [3.63, 3.8) is 0 Å². The van der Waals surface area contributed by atoms with Gasteiger partial charge in [-0.1, -0.05) is 12.5 Å². The summed E-state index contributed by atoms with van der Waals surface area (Å²) in [6, 6.07) is 5.64. The van der Waals surface area contributed by atoms with Crippen molar-refractivity contribution < 1.29 is 4.79 Å². The Labute approximate surface area is 117 Å². The van der Waals surface area contributed by atoms with Crippen LogP contribution in [0.5, 0.6) is 0 Å². The number of nitrogens with zero attached hydrogens (tertiary/aromatic N) is 3. The van der Waals surface area contributed by atoms with Crippen molar-refractivity contribution in [2.45, 2.75) is 38.8 Å². The zero-order valence-electron chi connectivity index (χ0n) is 11.5. The zero-order chi connectivity index (χ0) is 14.2. The first-order valence-electron chi connectivity index (χ1n) is 6.94. The van der Waals surface area contributed by atoms with E-state index in [-0.39, 0.29) is 11.9 Å². The molecule has 2 atom stereocenters. The van der Waals surface area contributed by atoms with Gasteiger partial charge in [0.05, 0.1) is 12.0 Å². The fourth-order valence-corrected chi connectivity index (χ4v) is 2.85. The van der Waals surface area contributed by atoms with Crippen LogP contribution in [0, 0.1) is 5.41 Å². The van der Waals surface area contributed by atoms with Gasteiger partial charge in [-0.15, -0.1) is 10.2 Å². The fourth-order valence-electron chi connectivity index (χ4n) is 2.85. The molecule has 6 nitrogen and oxygen atoms in total. The van der Waals surface area contributed by atoms with Gasteiger partial charge in [0.2, 0.25) is 5.91 Å². The summed E-state index contributed by atoms with van der Waals surface area (Å²) in [5.41, 5.74) is 6.38. The molecule has 2 aromatic rings. The Hall–Kier alpha value is -1.95. The number of fused-ring (bicyclic) bond motifs is 1. The van der Waals surface area contributed by atoms with E-state index in [2.05, 4.69) is 15.5 Å². The Kier molecular flexibility index (Phi) is 3.17. The van der Waals surface area contributed by atoms with E-state index in [1.54, 1.807) is 0 Å². The van der Waals surface area contributed by atoms with Crippen molar-refractivity contribution in [2.24, 2.45) is 11.1 Å². The molecule has 0 bridgehead atoms. The molecule has 0 spiro atoms. The average molecular weight is 273 g/mol. The standard InChI is InChI=1S/C14H19N5O/c1-14(7-4-5-10(14)15)13(20)16-9-12-18-17-11-6-2-3-8-19(11)12/h2-3,6,8,10H,4-5,7,9,15H2,1H3,(H,16,20). The molecule has 1 amide bonds. The Morgan fingerprint density at radius 2 is 2.40 bits per heavy atom. The lowest BCUT2D eigenvalue weighted by atomic mass is 9.84. The van der Waals surface area contributed by atoms with E-state index in [0.29, 0.717) is 6.54 Å². The summed E-state index contributed by atoms with van der Waals surface area (Å²) < 4.78 is 1.87. The molecule has 1 aliphatic carbocycles. The van der Waals surface area contributed by atoms with E-state index in [1.165, 1.54) is 0 Å². The van der Waals surface area contributed by atoms with Gasteiger partial charge in [-0.3, -0.25) is 9.20 Å². The van der Waals surface area contributed by atoms with Crippen LogP contribution in [-0.4, -0.2) is 26.5 Å². The van der Waals surface area contributed by atoms with Gasteiger partial charge < -0.3 is 11.1 Å². The molecule has 1 fully saturated rings. The number of nitrogens with one attached hydrogen (secondary N) is 1. The second-order valence-electron chi connectivity index (χ2n) is 5.64. The van der Waals surface area contributed by atoms with E-state index < -0.39 is 5.41 Å². The number of pyridine rings is 1. The highest BCUT2D eigenvalue weighted by Gasteiger charge is 2.42. The maximum absolute atomic E-state index is 12.4. The van der Waals surface area contributed by atoms with Crippen molar-refractivity contribution in [2.75, 3.05) is 0 Å². The quantitative estimate of drug-likeness (QED) is 0.868. The van der Waals surface area contributed by atoms with E-state index in [4.69, 9.17) is 5.73 Å².